The summed E-state index contributed by atoms with van der Waals surface area (Å²) in [5.41, 5.74) is 2.99. The molecule has 0 N–H and O–H groups in total. The van der Waals surface area contributed by atoms with Gasteiger partial charge in [-0.05, 0) is 26.3 Å². The number of aromatic nitrogens is 2. The molecule has 2 bridgehead atoms. The summed E-state index contributed by atoms with van der Waals surface area (Å²) in [6, 6.07) is 5.17. The highest BCUT2D eigenvalue weighted by atomic mass is 16.6. The lowest BCUT2D eigenvalue weighted by Gasteiger charge is -2.26. The van der Waals surface area contributed by atoms with E-state index in [1.807, 2.05) is 13.8 Å². The fraction of sp³-hybridized carbons (Fsp3) is 0.474. The van der Waals surface area contributed by atoms with Crippen molar-refractivity contribution in [1.29, 1.82) is 0 Å². The number of rotatable bonds is 6. The largest absolute Gasteiger partial charge is 0.492 e. The van der Waals surface area contributed by atoms with Gasteiger partial charge in [-0.1, -0.05) is 0 Å². The molecule has 0 amide bonds. The van der Waals surface area contributed by atoms with Gasteiger partial charge in [-0.15, -0.1) is 0 Å². The zero-order valence-corrected chi connectivity index (χ0v) is 15.4. The summed E-state index contributed by atoms with van der Waals surface area (Å²) in [6.45, 7) is 6.81. The smallest absolute Gasteiger partial charge is 0.270 e. The number of aryl methyl sites for hydroxylation is 2. The first kappa shape index (κ1) is 17.8. The molecular formula is C19H22N4O4. The van der Waals surface area contributed by atoms with Crippen LogP contribution in [0.1, 0.15) is 17.8 Å². The third-order valence-electron chi connectivity index (χ3n) is 5.32. The second-order valence-corrected chi connectivity index (χ2v) is 7.05. The molecule has 0 radical (unpaired) electrons. The summed E-state index contributed by atoms with van der Waals surface area (Å²) in [5, 5.41) is 11.2. The van der Waals surface area contributed by atoms with E-state index >= 15 is 0 Å². The van der Waals surface area contributed by atoms with Crippen molar-refractivity contribution in [1.82, 2.24) is 14.9 Å². The molecular weight excluding hydrogens is 348 g/mol. The van der Waals surface area contributed by atoms with Crippen molar-refractivity contribution in [3.8, 4) is 16.9 Å². The molecule has 2 aromatic rings. The summed E-state index contributed by atoms with van der Waals surface area (Å²) in [5.74, 6) is 0.613. The Bertz CT molecular complexity index is 853. The molecule has 0 spiro atoms. The van der Waals surface area contributed by atoms with Gasteiger partial charge in [-0.25, -0.2) is 9.97 Å². The topological polar surface area (TPSA) is 90.6 Å². The summed E-state index contributed by atoms with van der Waals surface area (Å²) < 4.78 is 11.7. The van der Waals surface area contributed by atoms with E-state index < -0.39 is 4.92 Å². The summed E-state index contributed by atoms with van der Waals surface area (Å²) in [7, 11) is 0. The van der Waals surface area contributed by atoms with E-state index in [2.05, 4.69) is 14.9 Å². The maximum Gasteiger partial charge on any atom is 0.270 e. The SMILES string of the molecule is Cc1ncnc(C)c1-c1cc([N+](=O)[O-])ccc1OCCN1C[C@@H]2C[C@H]1CO2. The highest BCUT2D eigenvalue weighted by Crippen LogP contribution is 2.36. The maximum absolute atomic E-state index is 11.2. The van der Waals surface area contributed by atoms with Crippen LogP contribution in [0.5, 0.6) is 5.75 Å². The Kier molecular flexibility index (Phi) is 4.75. The molecule has 2 aliphatic rings. The molecule has 3 heterocycles. The third kappa shape index (κ3) is 3.50. The number of fused-ring (bicyclic) bond motifs is 2. The highest BCUT2D eigenvalue weighted by molar-refractivity contribution is 5.76. The second-order valence-electron chi connectivity index (χ2n) is 7.05. The van der Waals surface area contributed by atoms with Crippen LogP contribution in [0.15, 0.2) is 24.5 Å². The van der Waals surface area contributed by atoms with Gasteiger partial charge < -0.3 is 9.47 Å². The van der Waals surface area contributed by atoms with Crippen LogP contribution in [0.2, 0.25) is 0 Å². The van der Waals surface area contributed by atoms with E-state index in [4.69, 9.17) is 9.47 Å². The van der Waals surface area contributed by atoms with Crippen LogP contribution < -0.4 is 4.74 Å². The molecule has 27 heavy (non-hydrogen) atoms. The molecule has 2 fully saturated rings. The number of nitrogens with zero attached hydrogens (tertiary/aromatic N) is 4. The molecule has 2 atom stereocenters. The lowest BCUT2D eigenvalue weighted by molar-refractivity contribution is -0.384. The van der Waals surface area contributed by atoms with Gasteiger partial charge in [0.15, 0.2) is 0 Å². The van der Waals surface area contributed by atoms with Crippen molar-refractivity contribution in [2.75, 3.05) is 26.3 Å². The van der Waals surface area contributed by atoms with Gasteiger partial charge in [-0.3, -0.25) is 15.0 Å². The molecule has 142 valence electrons. The number of ether oxygens (including phenoxy) is 2. The molecule has 0 unspecified atom stereocenters. The predicted octanol–water partition coefficient (Wildman–Crippen LogP) is 2.52. The summed E-state index contributed by atoms with van der Waals surface area (Å²) in [4.78, 5) is 21.7. The van der Waals surface area contributed by atoms with Crippen LogP contribution in [0.25, 0.3) is 11.1 Å². The molecule has 2 aliphatic heterocycles. The zero-order chi connectivity index (χ0) is 19.0. The number of hydrogen-bond acceptors (Lipinski definition) is 7. The highest BCUT2D eigenvalue weighted by Gasteiger charge is 2.38. The average Bonchev–Trinajstić information content (AvgIpc) is 3.25. The number of nitro groups is 1. The Morgan fingerprint density at radius 2 is 2.11 bits per heavy atom. The average molecular weight is 370 g/mol. The van der Waals surface area contributed by atoms with Gasteiger partial charge in [0.05, 0.1) is 17.6 Å². The fourth-order valence-corrected chi connectivity index (χ4v) is 3.96. The first-order valence-electron chi connectivity index (χ1n) is 9.08. The predicted molar refractivity (Wildman–Crippen MR) is 98.8 cm³/mol. The summed E-state index contributed by atoms with van der Waals surface area (Å²) in [6.07, 6.45) is 2.95. The van der Waals surface area contributed by atoms with E-state index in [0.717, 1.165) is 43.1 Å². The third-order valence-corrected chi connectivity index (χ3v) is 5.32. The van der Waals surface area contributed by atoms with E-state index in [0.29, 0.717) is 30.1 Å². The van der Waals surface area contributed by atoms with Crippen molar-refractivity contribution >= 4 is 5.69 Å². The normalized spacial score (nSPS) is 21.6. The monoisotopic (exact) mass is 370 g/mol. The van der Waals surface area contributed by atoms with Crippen LogP contribution in [-0.4, -0.2) is 58.2 Å². The standard InChI is InChI=1S/C19H22N4O4/c1-12-19(13(2)21-11-20-12)17-8-14(23(24)25)3-4-18(17)26-6-5-22-9-16-7-15(22)10-27-16/h3-4,8,11,15-16H,5-7,9-10H2,1-2H3/t15-,16-/m0/s1. The number of likely N-dealkylation sites (tertiary alicyclic amines) is 1. The molecule has 8 nitrogen and oxygen atoms in total. The minimum absolute atomic E-state index is 0.0222. The molecule has 0 saturated carbocycles. The van der Waals surface area contributed by atoms with Crippen molar-refractivity contribution in [3.63, 3.8) is 0 Å². The molecule has 0 aliphatic carbocycles. The number of hydrogen-bond donors (Lipinski definition) is 0. The van der Waals surface area contributed by atoms with Crippen LogP contribution in [0.4, 0.5) is 5.69 Å². The first-order chi connectivity index (χ1) is 13.0. The van der Waals surface area contributed by atoms with Crippen LogP contribution >= 0.6 is 0 Å². The van der Waals surface area contributed by atoms with Crippen molar-refractivity contribution in [2.24, 2.45) is 0 Å². The van der Waals surface area contributed by atoms with Gasteiger partial charge in [0, 0.05) is 53.8 Å². The first-order valence-corrected chi connectivity index (χ1v) is 9.08. The second kappa shape index (κ2) is 7.21. The molecule has 2 saturated heterocycles. The Morgan fingerprint density at radius 1 is 1.33 bits per heavy atom. The van der Waals surface area contributed by atoms with E-state index in [-0.39, 0.29) is 5.69 Å². The molecule has 1 aromatic heterocycles. The Labute approximate surface area is 157 Å². The van der Waals surface area contributed by atoms with Crippen molar-refractivity contribution < 1.29 is 14.4 Å². The summed E-state index contributed by atoms with van der Waals surface area (Å²) >= 11 is 0. The number of non-ortho nitro benzene ring substituents is 1. The molecule has 4 rings (SSSR count). The number of morpholine rings is 1. The van der Waals surface area contributed by atoms with Gasteiger partial charge in [-0.2, -0.15) is 0 Å². The minimum atomic E-state index is -0.400. The van der Waals surface area contributed by atoms with Crippen LogP contribution in [0, 0.1) is 24.0 Å². The Hall–Kier alpha value is -2.58. The van der Waals surface area contributed by atoms with E-state index in [9.17, 15) is 10.1 Å². The van der Waals surface area contributed by atoms with Gasteiger partial charge in [0.2, 0.25) is 0 Å². The Morgan fingerprint density at radius 3 is 2.74 bits per heavy atom. The lowest BCUT2D eigenvalue weighted by atomic mass is 10.0. The zero-order valence-electron chi connectivity index (χ0n) is 15.4. The molecule has 8 heteroatoms. The van der Waals surface area contributed by atoms with Gasteiger partial charge in [0.1, 0.15) is 18.7 Å². The maximum atomic E-state index is 11.2. The molecule has 1 aromatic carbocycles. The van der Waals surface area contributed by atoms with Gasteiger partial charge >= 0.3 is 0 Å². The van der Waals surface area contributed by atoms with Crippen molar-refractivity contribution in [2.45, 2.75) is 32.4 Å². The van der Waals surface area contributed by atoms with Crippen molar-refractivity contribution in [3.05, 3.63) is 46.0 Å². The van der Waals surface area contributed by atoms with E-state index in [1.165, 1.54) is 12.4 Å². The fourth-order valence-electron chi connectivity index (χ4n) is 3.96. The van der Waals surface area contributed by atoms with E-state index in [1.54, 1.807) is 12.1 Å². The van der Waals surface area contributed by atoms with Gasteiger partial charge in [0.25, 0.3) is 5.69 Å². The van der Waals surface area contributed by atoms with Crippen LogP contribution in [-0.2, 0) is 4.74 Å². The number of nitro benzene ring substituents is 1. The Balaban J connectivity index is 1.57. The quantitative estimate of drug-likeness (QED) is 0.570. The minimum Gasteiger partial charge on any atom is -0.492 e. The lowest BCUT2D eigenvalue weighted by Crippen LogP contribution is -2.39. The van der Waals surface area contributed by atoms with Crippen LogP contribution in [0.3, 0.4) is 0 Å². The number of benzene rings is 1.